The van der Waals surface area contributed by atoms with Gasteiger partial charge in [0, 0.05) is 22.6 Å². The number of carbonyl (C=O) groups excluding carboxylic acids is 1. The molecule has 1 nitrogen and oxygen atoms in total. The highest BCUT2D eigenvalue weighted by atomic mass is 79.9. The average molecular weight is 377 g/mol. The van der Waals surface area contributed by atoms with E-state index in [1.807, 2.05) is 0 Å². The fourth-order valence-corrected chi connectivity index (χ4v) is 7.87. The number of fused-ring (bicyclic) bond motifs is 5. The zero-order valence-electron chi connectivity index (χ0n) is 14.6. The normalized spacial score (nSPS) is 51.7. The Morgan fingerprint density at radius 3 is 2.83 bits per heavy atom. The summed E-state index contributed by atoms with van der Waals surface area (Å²) in [5, 5.41) is 0. The molecule has 23 heavy (non-hydrogen) atoms. The smallest absolute Gasteiger partial charge is 0.138 e. The van der Waals surface area contributed by atoms with Gasteiger partial charge in [0.05, 0.1) is 0 Å². The number of allylic oxidation sites excluding steroid dienone is 4. The van der Waals surface area contributed by atoms with Crippen LogP contribution in [0, 0.1) is 34.5 Å². The summed E-state index contributed by atoms with van der Waals surface area (Å²) in [4.78, 5) is 13.8. The maximum Gasteiger partial charge on any atom is 0.138 e. The van der Waals surface area contributed by atoms with Crippen molar-refractivity contribution in [1.29, 1.82) is 0 Å². The summed E-state index contributed by atoms with van der Waals surface area (Å²) in [6.45, 7) is 7.07. The Bertz CT molecular complexity index is 591. The van der Waals surface area contributed by atoms with Crippen LogP contribution in [0.1, 0.15) is 59.3 Å². The first-order valence-electron chi connectivity index (χ1n) is 9.45. The van der Waals surface area contributed by atoms with Gasteiger partial charge in [0.2, 0.25) is 0 Å². The van der Waals surface area contributed by atoms with Crippen molar-refractivity contribution in [2.45, 2.75) is 64.1 Å². The Balaban J connectivity index is 1.79. The third-order valence-corrected chi connectivity index (χ3v) is 8.92. The number of carbonyl (C=O) groups is 1. The van der Waals surface area contributed by atoms with E-state index < -0.39 is 0 Å². The number of rotatable bonds is 1. The molecule has 2 heteroatoms. The average Bonchev–Trinajstić information content (AvgIpc) is 2.83. The highest BCUT2D eigenvalue weighted by molar-refractivity contribution is 9.09. The highest BCUT2D eigenvalue weighted by Gasteiger charge is 2.62. The van der Waals surface area contributed by atoms with E-state index in [4.69, 9.17) is 0 Å². The predicted octanol–water partition coefficient (Wildman–Crippen LogP) is 5.69. The van der Waals surface area contributed by atoms with E-state index in [2.05, 4.69) is 54.9 Å². The third-order valence-electron chi connectivity index (χ3n) is 7.99. The monoisotopic (exact) mass is 376 g/mol. The molecule has 0 bridgehead atoms. The molecular formula is C21H29BrO. The van der Waals surface area contributed by atoms with E-state index in [9.17, 15) is 4.79 Å². The molecule has 3 saturated carbocycles. The van der Waals surface area contributed by atoms with Crippen molar-refractivity contribution < 1.29 is 4.79 Å². The lowest BCUT2D eigenvalue weighted by atomic mass is 9.47. The summed E-state index contributed by atoms with van der Waals surface area (Å²) in [5.41, 5.74) is 1.73. The van der Waals surface area contributed by atoms with Crippen LogP contribution in [0.4, 0.5) is 0 Å². The Hall–Kier alpha value is -0.370. The molecule has 7 atom stereocenters. The van der Waals surface area contributed by atoms with Gasteiger partial charge in [0.15, 0.2) is 0 Å². The predicted molar refractivity (Wildman–Crippen MR) is 98.5 cm³/mol. The number of alkyl halides is 1. The van der Waals surface area contributed by atoms with Gasteiger partial charge in [-0.2, -0.15) is 0 Å². The fourth-order valence-electron chi connectivity index (χ4n) is 6.85. The molecule has 0 saturated heterocycles. The minimum atomic E-state index is -0.0180. The number of hydrogen-bond donors (Lipinski definition) is 0. The van der Waals surface area contributed by atoms with Crippen LogP contribution in [0.3, 0.4) is 0 Å². The summed E-state index contributed by atoms with van der Waals surface area (Å²) >= 11 is 4.03. The van der Waals surface area contributed by atoms with Gasteiger partial charge in [-0.25, -0.2) is 0 Å². The van der Waals surface area contributed by atoms with Crippen molar-refractivity contribution >= 4 is 21.7 Å². The van der Waals surface area contributed by atoms with Crippen molar-refractivity contribution in [3.63, 3.8) is 0 Å². The van der Waals surface area contributed by atoms with E-state index in [1.54, 1.807) is 0 Å². The van der Waals surface area contributed by atoms with E-state index in [1.165, 1.54) is 24.8 Å². The maximum absolute atomic E-state index is 13.4. The zero-order chi connectivity index (χ0) is 16.4. The topological polar surface area (TPSA) is 17.1 Å². The molecule has 4 rings (SSSR count). The molecule has 0 amide bonds. The molecule has 0 spiro atoms. The second kappa shape index (κ2) is 5.31. The van der Waals surface area contributed by atoms with Crippen molar-refractivity contribution in [2.24, 2.45) is 34.5 Å². The summed E-state index contributed by atoms with van der Waals surface area (Å²) < 4.78 is 0. The lowest BCUT2D eigenvalue weighted by molar-refractivity contribution is -0.142. The van der Waals surface area contributed by atoms with E-state index in [-0.39, 0.29) is 16.7 Å². The van der Waals surface area contributed by atoms with Gasteiger partial charge >= 0.3 is 0 Å². The van der Waals surface area contributed by atoms with Crippen LogP contribution in [0.2, 0.25) is 0 Å². The molecule has 4 aliphatic rings. The SMILES string of the molecule is CC[C@H]1CC[C@H]2[C@@H]3[C@H](Br)CC4=CCC=C[C@]4(C)[C@H]3C(=O)C[C@]12C. The van der Waals surface area contributed by atoms with Crippen molar-refractivity contribution in [2.75, 3.05) is 0 Å². The van der Waals surface area contributed by atoms with Gasteiger partial charge in [-0.1, -0.05) is 66.9 Å². The molecule has 126 valence electrons. The molecule has 0 radical (unpaired) electrons. The van der Waals surface area contributed by atoms with Crippen LogP contribution in [0.25, 0.3) is 0 Å². The van der Waals surface area contributed by atoms with Crippen molar-refractivity contribution in [3.8, 4) is 0 Å². The second-order valence-corrected chi connectivity index (χ2v) is 10.0. The molecule has 0 aromatic heterocycles. The number of halogens is 1. The molecule has 3 fully saturated rings. The van der Waals surface area contributed by atoms with Crippen LogP contribution < -0.4 is 0 Å². The lowest BCUT2D eigenvalue weighted by Crippen LogP contribution is -2.57. The Labute approximate surface area is 149 Å². The van der Waals surface area contributed by atoms with Gasteiger partial charge < -0.3 is 0 Å². The molecule has 4 aliphatic carbocycles. The molecule has 0 N–H and O–H groups in total. The molecule has 0 aromatic rings. The molecule has 0 aliphatic heterocycles. The quantitative estimate of drug-likeness (QED) is 0.424. The van der Waals surface area contributed by atoms with Crippen molar-refractivity contribution in [3.05, 3.63) is 23.8 Å². The van der Waals surface area contributed by atoms with Gasteiger partial charge in [0.1, 0.15) is 5.78 Å². The second-order valence-electron chi connectivity index (χ2n) is 8.86. The minimum absolute atomic E-state index is 0.0180. The van der Waals surface area contributed by atoms with E-state index in [0.29, 0.717) is 22.4 Å². The van der Waals surface area contributed by atoms with E-state index in [0.717, 1.165) is 25.2 Å². The first-order chi connectivity index (χ1) is 10.9. The number of Topliss-reactive ketones (excluding diaryl/α,β-unsaturated/α-hetero) is 1. The maximum atomic E-state index is 13.4. The van der Waals surface area contributed by atoms with Crippen LogP contribution in [-0.4, -0.2) is 10.6 Å². The largest absolute Gasteiger partial charge is 0.299 e. The molecule has 0 heterocycles. The summed E-state index contributed by atoms with van der Waals surface area (Å²) in [6, 6.07) is 0. The van der Waals surface area contributed by atoms with E-state index >= 15 is 0 Å². The van der Waals surface area contributed by atoms with Gasteiger partial charge in [-0.05, 0) is 48.9 Å². The van der Waals surface area contributed by atoms with Crippen LogP contribution in [-0.2, 0) is 4.79 Å². The van der Waals surface area contributed by atoms with Crippen LogP contribution >= 0.6 is 15.9 Å². The Morgan fingerprint density at radius 1 is 1.30 bits per heavy atom. The fraction of sp³-hybridized carbons (Fsp3) is 0.762. The first kappa shape index (κ1) is 16.1. The lowest BCUT2D eigenvalue weighted by Gasteiger charge is -2.57. The zero-order valence-corrected chi connectivity index (χ0v) is 16.2. The van der Waals surface area contributed by atoms with Crippen LogP contribution in [0.5, 0.6) is 0 Å². The van der Waals surface area contributed by atoms with Gasteiger partial charge in [0.25, 0.3) is 0 Å². The molecular weight excluding hydrogens is 348 g/mol. The Morgan fingerprint density at radius 2 is 2.09 bits per heavy atom. The third kappa shape index (κ3) is 2.06. The molecule has 0 unspecified atom stereocenters. The van der Waals surface area contributed by atoms with Gasteiger partial charge in [-0.3, -0.25) is 4.79 Å². The summed E-state index contributed by atoms with van der Waals surface area (Å²) in [5.74, 6) is 2.70. The summed E-state index contributed by atoms with van der Waals surface area (Å²) in [7, 11) is 0. The standard InChI is InChI=1S/C21H29BrO/c1-4-13-8-9-15-18-16(22)11-14-7-5-6-10-20(14,2)19(18)17(23)12-21(13,15)3/h6-7,10,13,15-16,18-19H,4-5,8-9,11-12H2,1-3H3/t13-,15-,16+,18+,19-,20-,21+/m0/s1. The molecule has 0 aromatic carbocycles. The first-order valence-corrected chi connectivity index (χ1v) is 10.4. The van der Waals surface area contributed by atoms with Crippen molar-refractivity contribution in [1.82, 2.24) is 0 Å². The highest BCUT2D eigenvalue weighted by Crippen LogP contribution is 2.66. The number of hydrogen-bond acceptors (Lipinski definition) is 1. The number of ketones is 1. The van der Waals surface area contributed by atoms with Gasteiger partial charge in [-0.15, -0.1) is 0 Å². The Kier molecular flexibility index (Phi) is 3.72. The van der Waals surface area contributed by atoms with Crippen LogP contribution in [0.15, 0.2) is 23.8 Å². The summed E-state index contributed by atoms with van der Waals surface area (Å²) in [6.07, 6.45) is 13.9. The minimum Gasteiger partial charge on any atom is -0.299 e.